The molecule has 0 bridgehead atoms. The summed E-state index contributed by atoms with van der Waals surface area (Å²) < 4.78 is 0. The second-order valence-corrected chi connectivity index (χ2v) is 4.50. The molecule has 11 heavy (non-hydrogen) atoms. The maximum Gasteiger partial charge on any atom is -0.0304 e. The highest BCUT2D eigenvalue weighted by atomic mass is 14.2. The number of hydrogen-bond acceptors (Lipinski definition) is 0. The van der Waals surface area contributed by atoms with E-state index in [4.69, 9.17) is 0 Å². The van der Waals surface area contributed by atoms with Gasteiger partial charge < -0.3 is 0 Å². The van der Waals surface area contributed by atoms with Crippen molar-refractivity contribution < 1.29 is 0 Å². The van der Waals surface area contributed by atoms with E-state index in [0.717, 1.165) is 5.92 Å². The molecule has 0 N–H and O–H groups in total. The molecular weight excluding hydrogens is 132 g/mol. The van der Waals surface area contributed by atoms with E-state index in [0.29, 0.717) is 5.41 Å². The Morgan fingerprint density at radius 3 is 2.18 bits per heavy atom. The topological polar surface area (TPSA) is 0 Å². The summed E-state index contributed by atoms with van der Waals surface area (Å²) in [5.41, 5.74) is 0.449. The quantitative estimate of drug-likeness (QED) is 0.561. The average Bonchev–Trinajstić information content (AvgIpc) is 1.81. The molecule has 0 aliphatic heterocycles. The highest BCUT2D eigenvalue weighted by molar-refractivity contribution is 4.86. The van der Waals surface area contributed by atoms with E-state index in [1.807, 2.05) is 0 Å². The molecule has 0 aromatic carbocycles. The molecule has 0 saturated heterocycles. The zero-order valence-electron chi connectivity index (χ0n) is 8.78. The monoisotopic (exact) mass is 155 g/mol. The van der Waals surface area contributed by atoms with Crippen LogP contribution >= 0.6 is 0 Å². The van der Waals surface area contributed by atoms with E-state index in [2.05, 4.69) is 41.0 Å². The van der Waals surface area contributed by atoms with Gasteiger partial charge in [-0.25, -0.2) is 0 Å². The lowest BCUT2D eigenvalue weighted by molar-refractivity contribution is 0.351. The summed E-state index contributed by atoms with van der Waals surface area (Å²) in [4.78, 5) is 0. The van der Waals surface area contributed by atoms with E-state index < -0.39 is 0 Å². The molecule has 0 aliphatic carbocycles. The third-order valence-corrected chi connectivity index (χ3v) is 1.96. The molecule has 0 spiro atoms. The minimum atomic E-state index is 0.449. The molecule has 0 aromatic heterocycles. The summed E-state index contributed by atoms with van der Waals surface area (Å²) in [5, 5.41) is 0. The maximum absolute atomic E-state index is 2.46. The number of hydrogen-bond donors (Lipinski definition) is 0. The highest BCUT2D eigenvalue weighted by Crippen LogP contribution is 2.29. The molecule has 0 heteroatoms. The summed E-state index contributed by atoms with van der Waals surface area (Å²) in [6.07, 6.45) is 6.47. The zero-order chi connectivity index (χ0) is 8.91. The van der Waals surface area contributed by atoms with E-state index >= 15 is 0 Å². The minimum Gasteiger partial charge on any atom is -0.0654 e. The summed E-state index contributed by atoms with van der Waals surface area (Å²) in [7, 11) is 0. The van der Waals surface area contributed by atoms with Gasteiger partial charge in [0.15, 0.2) is 0 Å². The molecule has 67 valence electrons. The lowest BCUT2D eigenvalue weighted by Gasteiger charge is -2.25. The van der Waals surface area contributed by atoms with Crippen molar-refractivity contribution in [2.24, 2.45) is 11.3 Å². The van der Waals surface area contributed by atoms with E-state index in [1.54, 1.807) is 0 Å². The van der Waals surface area contributed by atoms with Gasteiger partial charge in [-0.3, -0.25) is 0 Å². The standard InChI is InChI=1S/C11H23/c1-6-7-8-11(4,5)9-10(2)3/h9-10H,6-8H2,1-5H3. The molecular formula is C11H23. The maximum atomic E-state index is 2.46. The van der Waals surface area contributed by atoms with Crippen LogP contribution in [0.4, 0.5) is 0 Å². The van der Waals surface area contributed by atoms with Crippen LogP contribution in [0.2, 0.25) is 0 Å². The van der Waals surface area contributed by atoms with Crippen molar-refractivity contribution in [1.29, 1.82) is 0 Å². The van der Waals surface area contributed by atoms with Crippen molar-refractivity contribution in [2.45, 2.75) is 53.9 Å². The largest absolute Gasteiger partial charge is 0.0654 e. The van der Waals surface area contributed by atoms with Crippen LogP contribution in [0.5, 0.6) is 0 Å². The summed E-state index contributed by atoms with van der Waals surface area (Å²) in [6.45, 7) is 11.4. The van der Waals surface area contributed by atoms with E-state index in [1.165, 1.54) is 19.3 Å². The third-order valence-electron chi connectivity index (χ3n) is 1.96. The van der Waals surface area contributed by atoms with Crippen LogP contribution in [-0.4, -0.2) is 0 Å². The van der Waals surface area contributed by atoms with Crippen LogP contribution in [0.15, 0.2) is 0 Å². The van der Waals surface area contributed by atoms with Crippen LogP contribution in [0.1, 0.15) is 53.9 Å². The Labute approximate surface area is 72.4 Å². The second-order valence-electron chi connectivity index (χ2n) is 4.50. The van der Waals surface area contributed by atoms with E-state index in [9.17, 15) is 0 Å². The molecule has 0 atom stereocenters. The van der Waals surface area contributed by atoms with Crippen molar-refractivity contribution in [1.82, 2.24) is 0 Å². The Bertz CT molecular complexity index is 90.2. The van der Waals surface area contributed by atoms with E-state index in [-0.39, 0.29) is 0 Å². The van der Waals surface area contributed by atoms with Gasteiger partial charge in [0.2, 0.25) is 0 Å². The Hall–Kier alpha value is 0. The molecule has 1 radical (unpaired) electrons. The molecule has 0 aromatic rings. The normalized spacial score (nSPS) is 12.5. The third kappa shape index (κ3) is 6.40. The lowest BCUT2D eigenvalue weighted by Crippen LogP contribution is -2.15. The average molecular weight is 155 g/mol. The molecule has 0 amide bonds. The van der Waals surface area contributed by atoms with Crippen molar-refractivity contribution in [3.63, 3.8) is 0 Å². The smallest absolute Gasteiger partial charge is 0.0304 e. The first-order valence-electron chi connectivity index (χ1n) is 4.84. The summed E-state index contributed by atoms with van der Waals surface area (Å²) >= 11 is 0. The summed E-state index contributed by atoms with van der Waals surface area (Å²) in [5.74, 6) is 0.724. The van der Waals surface area contributed by atoms with Crippen molar-refractivity contribution in [3.8, 4) is 0 Å². The Morgan fingerprint density at radius 1 is 1.27 bits per heavy atom. The van der Waals surface area contributed by atoms with Crippen LogP contribution in [0.3, 0.4) is 0 Å². The number of rotatable bonds is 5. The fraction of sp³-hybridized carbons (Fsp3) is 0.909. The van der Waals surface area contributed by atoms with Gasteiger partial charge in [-0.05, 0) is 24.2 Å². The lowest BCUT2D eigenvalue weighted by atomic mass is 9.80. The van der Waals surface area contributed by atoms with Gasteiger partial charge in [0.05, 0.1) is 0 Å². The first-order chi connectivity index (χ1) is 4.98. The van der Waals surface area contributed by atoms with Gasteiger partial charge in [0.25, 0.3) is 0 Å². The SMILES string of the molecule is CCCCC(C)(C)[CH]C(C)C. The van der Waals surface area contributed by atoms with Crippen LogP contribution < -0.4 is 0 Å². The van der Waals surface area contributed by atoms with Crippen LogP contribution in [0, 0.1) is 17.8 Å². The molecule has 0 unspecified atom stereocenters. The van der Waals surface area contributed by atoms with Crippen molar-refractivity contribution >= 4 is 0 Å². The summed E-state index contributed by atoms with van der Waals surface area (Å²) in [6, 6.07) is 0. The Morgan fingerprint density at radius 2 is 1.82 bits per heavy atom. The van der Waals surface area contributed by atoms with Crippen LogP contribution in [0.25, 0.3) is 0 Å². The van der Waals surface area contributed by atoms with Gasteiger partial charge in [0, 0.05) is 0 Å². The zero-order valence-corrected chi connectivity index (χ0v) is 8.78. The van der Waals surface area contributed by atoms with Crippen molar-refractivity contribution in [3.05, 3.63) is 6.42 Å². The Balaban J connectivity index is 3.61. The van der Waals surface area contributed by atoms with Crippen LogP contribution in [-0.2, 0) is 0 Å². The molecule has 0 nitrogen and oxygen atoms in total. The minimum absolute atomic E-state index is 0.449. The first-order valence-corrected chi connectivity index (χ1v) is 4.84. The van der Waals surface area contributed by atoms with Gasteiger partial charge in [-0.1, -0.05) is 47.5 Å². The van der Waals surface area contributed by atoms with Gasteiger partial charge in [0.1, 0.15) is 0 Å². The van der Waals surface area contributed by atoms with Crippen molar-refractivity contribution in [2.75, 3.05) is 0 Å². The van der Waals surface area contributed by atoms with Gasteiger partial charge in [-0.2, -0.15) is 0 Å². The molecule has 0 saturated carbocycles. The van der Waals surface area contributed by atoms with Gasteiger partial charge >= 0.3 is 0 Å². The molecule has 0 rings (SSSR count). The molecule has 0 aliphatic rings. The predicted molar refractivity (Wildman–Crippen MR) is 52.4 cm³/mol. The predicted octanol–water partition coefficient (Wildman–Crippen LogP) is 4.06. The molecule has 0 heterocycles. The highest BCUT2D eigenvalue weighted by Gasteiger charge is 2.18. The van der Waals surface area contributed by atoms with Gasteiger partial charge in [-0.15, -0.1) is 0 Å². The first kappa shape index (κ1) is 11.0. The molecule has 0 fully saturated rings. The second kappa shape index (κ2) is 4.79. The number of unbranched alkanes of at least 4 members (excludes halogenated alkanes) is 1. The Kier molecular flexibility index (Phi) is 4.79. The fourth-order valence-corrected chi connectivity index (χ4v) is 1.62. The fourth-order valence-electron chi connectivity index (χ4n) is 1.62.